The highest BCUT2D eigenvalue weighted by Crippen LogP contribution is 2.27. The van der Waals surface area contributed by atoms with Gasteiger partial charge in [0.05, 0.1) is 19.3 Å². The van der Waals surface area contributed by atoms with E-state index >= 15 is 0 Å². The van der Waals surface area contributed by atoms with Crippen molar-refractivity contribution in [2.45, 2.75) is 64.4 Å². The van der Waals surface area contributed by atoms with Crippen LogP contribution in [0.1, 0.15) is 45.6 Å². The van der Waals surface area contributed by atoms with Crippen LogP contribution >= 0.6 is 0 Å². The Morgan fingerprint density at radius 2 is 1.93 bits per heavy atom. The molecule has 2 aromatic carbocycles. The summed E-state index contributed by atoms with van der Waals surface area (Å²) in [5.41, 5.74) is 0.601. The van der Waals surface area contributed by atoms with E-state index in [-0.39, 0.29) is 24.8 Å². The topological polar surface area (TPSA) is 59.0 Å². The molecule has 1 fully saturated rings. The van der Waals surface area contributed by atoms with Gasteiger partial charge < -0.3 is 19.5 Å². The minimum Gasteiger partial charge on any atom is -0.444 e. The number of hydrogen-bond acceptors (Lipinski definition) is 4. The fourth-order valence-corrected chi connectivity index (χ4v) is 3.68. The van der Waals surface area contributed by atoms with Crippen LogP contribution in [0.25, 0.3) is 10.8 Å². The van der Waals surface area contributed by atoms with E-state index in [1.165, 1.54) is 10.8 Å². The second-order valence-electron chi connectivity index (χ2n) is 8.50. The summed E-state index contributed by atoms with van der Waals surface area (Å²) in [4.78, 5) is 14.4. The monoisotopic (exact) mass is 385 g/mol. The first-order chi connectivity index (χ1) is 13.4. The van der Waals surface area contributed by atoms with Crippen LogP contribution in [0, 0.1) is 0 Å². The zero-order valence-electron chi connectivity index (χ0n) is 17.1. The van der Waals surface area contributed by atoms with E-state index in [1.807, 2.05) is 32.9 Å². The van der Waals surface area contributed by atoms with Crippen LogP contribution in [0.4, 0.5) is 4.79 Å². The zero-order valence-corrected chi connectivity index (χ0v) is 17.1. The van der Waals surface area contributed by atoms with E-state index in [0.717, 1.165) is 18.4 Å². The van der Waals surface area contributed by atoms with Crippen LogP contribution in [0.2, 0.25) is 0 Å². The second-order valence-corrected chi connectivity index (χ2v) is 8.50. The molecule has 1 aliphatic heterocycles. The number of hydrogen-bond donors (Lipinski definition) is 1. The SMILES string of the molecule is CC(C)(C)OC(=O)N1C[C@H](OCc2ccc3ccccc3c2)C[C@@H]1CCCO. The predicted molar refractivity (Wildman–Crippen MR) is 110 cm³/mol. The normalized spacial score (nSPS) is 19.9. The van der Waals surface area contributed by atoms with E-state index < -0.39 is 5.60 Å². The van der Waals surface area contributed by atoms with E-state index in [2.05, 4.69) is 30.3 Å². The number of amides is 1. The summed E-state index contributed by atoms with van der Waals surface area (Å²) in [5.74, 6) is 0. The minimum atomic E-state index is -0.525. The standard InChI is InChI=1S/C23H31NO4/c1-23(2,3)28-22(26)24-15-21(14-20(24)9-6-12-25)27-16-17-10-11-18-7-4-5-8-19(18)13-17/h4-5,7-8,10-11,13,20-21,25H,6,9,12,14-16H2,1-3H3/t20-,21+/m0/s1. The minimum absolute atomic E-state index is 0.0253. The van der Waals surface area contributed by atoms with Gasteiger partial charge in [-0.15, -0.1) is 0 Å². The molecule has 0 spiro atoms. The number of nitrogens with zero attached hydrogens (tertiary/aromatic N) is 1. The Morgan fingerprint density at radius 1 is 1.18 bits per heavy atom. The molecule has 2 atom stereocenters. The largest absolute Gasteiger partial charge is 0.444 e. The number of aliphatic hydroxyl groups excluding tert-OH is 1. The van der Waals surface area contributed by atoms with E-state index in [0.29, 0.717) is 19.6 Å². The molecule has 0 bridgehead atoms. The number of likely N-dealkylation sites (tertiary alicyclic amines) is 1. The maximum absolute atomic E-state index is 12.6. The molecule has 5 nitrogen and oxygen atoms in total. The van der Waals surface area contributed by atoms with Crippen LogP contribution in [0.5, 0.6) is 0 Å². The van der Waals surface area contributed by atoms with Crippen molar-refractivity contribution in [2.24, 2.45) is 0 Å². The van der Waals surface area contributed by atoms with Crippen LogP contribution in [0.15, 0.2) is 42.5 Å². The van der Waals surface area contributed by atoms with Crippen molar-refractivity contribution in [3.05, 3.63) is 48.0 Å². The lowest BCUT2D eigenvalue weighted by Crippen LogP contribution is -2.40. The van der Waals surface area contributed by atoms with Gasteiger partial charge in [0.1, 0.15) is 5.60 Å². The van der Waals surface area contributed by atoms with Gasteiger partial charge in [-0.05, 0) is 62.4 Å². The number of carbonyl (C=O) groups excluding carboxylic acids is 1. The summed E-state index contributed by atoms with van der Waals surface area (Å²) in [5, 5.41) is 11.6. The van der Waals surface area contributed by atoms with Crippen LogP contribution in [0.3, 0.4) is 0 Å². The van der Waals surface area contributed by atoms with Gasteiger partial charge in [0.2, 0.25) is 0 Å². The number of fused-ring (bicyclic) bond motifs is 1. The maximum Gasteiger partial charge on any atom is 0.410 e. The van der Waals surface area contributed by atoms with Gasteiger partial charge in [-0.25, -0.2) is 4.79 Å². The van der Waals surface area contributed by atoms with Gasteiger partial charge in [0, 0.05) is 12.6 Å². The molecule has 28 heavy (non-hydrogen) atoms. The van der Waals surface area contributed by atoms with Crippen molar-refractivity contribution in [3.8, 4) is 0 Å². The fraction of sp³-hybridized carbons (Fsp3) is 0.522. The summed E-state index contributed by atoms with van der Waals surface area (Å²) < 4.78 is 11.7. The zero-order chi connectivity index (χ0) is 20.1. The highest BCUT2D eigenvalue weighted by atomic mass is 16.6. The maximum atomic E-state index is 12.6. The molecule has 0 aliphatic carbocycles. The molecule has 0 radical (unpaired) electrons. The Bertz CT molecular complexity index is 799. The molecule has 1 N–H and O–H groups in total. The van der Waals surface area contributed by atoms with E-state index in [1.54, 1.807) is 4.90 Å². The average Bonchev–Trinajstić information content (AvgIpc) is 3.06. The molecule has 0 saturated carbocycles. The first kappa shape index (κ1) is 20.6. The lowest BCUT2D eigenvalue weighted by Gasteiger charge is -2.28. The first-order valence-electron chi connectivity index (χ1n) is 10.1. The highest BCUT2D eigenvalue weighted by Gasteiger charge is 2.37. The van der Waals surface area contributed by atoms with Gasteiger partial charge in [-0.2, -0.15) is 0 Å². The summed E-state index contributed by atoms with van der Waals surface area (Å²) in [7, 11) is 0. The molecular formula is C23H31NO4. The molecule has 0 unspecified atom stereocenters. The van der Waals surface area contributed by atoms with Crippen LogP contribution in [-0.4, -0.2) is 47.0 Å². The predicted octanol–water partition coefficient (Wildman–Crippen LogP) is 4.51. The van der Waals surface area contributed by atoms with Crippen molar-refractivity contribution in [1.29, 1.82) is 0 Å². The molecule has 1 heterocycles. The number of benzene rings is 2. The summed E-state index contributed by atoms with van der Waals surface area (Å²) in [6, 6.07) is 14.7. The van der Waals surface area contributed by atoms with Crippen molar-refractivity contribution in [3.63, 3.8) is 0 Å². The fourth-order valence-electron chi connectivity index (χ4n) is 3.68. The number of rotatable bonds is 6. The molecule has 152 valence electrons. The van der Waals surface area contributed by atoms with Crippen molar-refractivity contribution in [2.75, 3.05) is 13.2 Å². The van der Waals surface area contributed by atoms with Gasteiger partial charge in [0.15, 0.2) is 0 Å². The number of ether oxygens (including phenoxy) is 2. The molecule has 1 amide bonds. The van der Waals surface area contributed by atoms with Gasteiger partial charge in [-0.3, -0.25) is 0 Å². The smallest absolute Gasteiger partial charge is 0.410 e. The Balaban J connectivity index is 1.62. The third kappa shape index (κ3) is 5.46. The summed E-state index contributed by atoms with van der Waals surface area (Å²) in [6.45, 7) is 6.79. The molecule has 5 heteroatoms. The summed E-state index contributed by atoms with van der Waals surface area (Å²) in [6.07, 6.45) is 1.87. The molecule has 1 aliphatic rings. The lowest BCUT2D eigenvalue weighted by molar-refractivity contribution is 0.0144. The number of aliphatic hydroxyl groups is 1. The summed E-state index contributed by atoms with van der Waals surface area (Å²) >= 11 is 0. The Labute approximate surface area is 167 Å². The van der Waals surface area contributed by atoms with Gasteiger partial charge in [0.25, 0.3) is 0 Å². The molecule has 2 aromatic rings. The molecule has 3 rings (SSSR count). The quantitative estimate of drug-likeness (QED) is 0.795. The highest BCUT2D eigenvalue weighted by molar-refractivity contribution is 5.82. The van der Waals surface area contributed by atoms with Crippen molar-refractivity contribution >= 4 is 16.9 Å². The van der Waals surface area contributed by atoms with Gasteiger partial charge in [-0.1, -0.05) is 36.4 Å². The molecule has 1 saturated heterocycles. The number of carbonyl (C=O) groups is 1. The van der Waals surface area contributed by atoms with Gasteiger partial charge >= 0.3 is 6.09 Å². The third-order valence-electron chi connectivity index (χ3n) is 5.00. The first-order valence-corrected chi connectivity index (χ1v) is 10.1. The Kier molecular flexibility index (Phi) is 6.57. The molecule has 0 aromatic heterocycles. The third-order valence-corrected chi connectivity index (χ3v) is 5.00. The average molecular weight is 386 g/mol. The van der Waals surface area contributed by atoms with Crippen molar-refractivity contribution < 1.29 is 19.4 Å². The Hall–Kier alpha value is -2.11. The lowest BCUT2D eigenvalue weighted by atomic mass is 10.1. The second kappa shape index (κ2) is 8.93. The Morgan fingerprint density at radius 3 is 2.64 bits per heavy atom. The van der Waals surface area contributed by atoms with E-state index in [9.17, 15) is 9.90 Å². The molecular weight excluding hydrogens is 354 g/mol. The van der Waals surface area contributed by atoms with Crippen molar-refractivity contribution in [1.82, 2.24) is 4.90 Å². The van der Waals surface area contributed by atoms with Crippen LogP contribution in [-0.2, 0) is 16.1 Å². The van der Waals surface area contributed by atoms with Crippen LogP contribution < -0.4 is 0 Å². The van der Waals surface area contributed by atoms with E-state index in [4.69, 9.17) is 9.47 Å².